The zero-order valence-electron chi connectivity index (χ0n) is 18.1. The number of piperazine rings is 1. The molecule has 0 bridgehead atoms. The maximum absolute atomic E-state index is 13.2. The Labute approximate surface area is 209 Å². The predicted octanol–water partition coefficient (Wildman–Crippen LogP) is 2.00. The molecule has 2 heterocycles. The molecule has 184 valence electrons. The number of sulfonamides is 1. The van der Waals surface area contributed by atoms with Gasteiger partial charge in [0, 0.05) is 49.1 Å². The maximum atomic E-state index is 13.2. The molecule has 0 spiro atoms. The van der Waals surface area contributed by atoms with Crippen LogP contribution in [0.15, 0.2) is 47.4 Å². The monoisotopic (exact) mass is 529 g/mol. The first kappa shape index (κ1) is 26.2. The number of halogens is 2. The summed E-state index contributed by atoms with van der Waals surface area (Å²) in [7, 11) is -3.71. The summed E-state index contributed by atoms with van der Waals surface area (Å²) in [5.74, 6) is -1.98. The molecule has 2 N–H and O–H groups in total. The van der Waals surface area contributed by atoms with E-state index < -0.39 is 34.4 Å². The molecule has 2 aliphatic rings. The topological polar surface area (TPSA) is 118 Å². The van der Waals surface area contributed by atoms with Gasteiger partial charge in [-0.05, 0) is 48.4 Å². The summed E-state index contributed by atoms with van der Waals surface area (Å²) in [6.07, 6.45) is -1.85. The number of rotatable bonds is 6. The lowest BCUT2D eigenvalue weighted by atomic mass is 10.1. The normalized spacial score (nSPS) is 17.1. The summed E-state index contributed by atoms with van der Waals surface area (Å²) in [5, 5.41) is 18.9. The number of hydrogen-bond acceptors (Lipinski definition) is 6. The molecule has 1 fully saturated rings. The van der Waals surface area contributed by atoms with Crippen LogP contribution in [0.3, 0.4) is 0 Å². The van der Waals surface area contributed by atoms with Crippen LogP contribution in [0.1, 0.15) is 12.0 Å². The van der Waals surface area contributed by atoms with E-state index in [1.54, 1.807) is 18.2 Å². The van der Waals surface area contributed by atoms with Gasteiger partial charge in [0.2, 0.25) is 15.9 Å². The summed E-state index contributed by atoms with van der Waals surface area (Å²) in [4.78, 5) is 26.8. The third-order valence-corrected chi connectivity index (χ3v) is 8.08. The van der Waals surface area contributed by atoms with Gasteiger partial charge in [0.15, 0.2) is 6.10 Å². The van der Waals surface area contributed by atoms with E-state index in [0.29, 0.717) is 55.4 Å². The van der Waals surface area contributed by atoms with Crippen molar-refractivity contribution in [2.45, 2.75) is 23.8 Å². The Morgan fingerprint density at radius 3 is 2.38 bits per heavy atom. The van der Waals surface area contributed by atoms with E-state index in [4.69, 9.17) is 16.7 Å². The van der Waals surface area contributed by atoms with Crippen molar-refractivity contribution in [2.24, 2.45) is 0 Å². The molecule has 34 heavy (non-hydrogen) atoms. The molecular formula is C22H25Cl2N3O6S. The van der Waals surface area contributed by atoms with Crippen molar-refractivity contribution in [1.29, 1.82) is 0 Å². The Balaban J connectivity index is 0.00000324. The first-order valence-electron chi connectivity index (χ1n) is 10.5. The highest BCUT2D eigenvalue weighted by atomic mass is 35.5. The highest BCUT2D eigenvalue weighted by Crippen LogP contribution is 2.32. The number of carboxylic acid groups (broad SMARTS) is 1. The fourth-order valence-corrected chi connectivity index (χ4v) is 5.83. The highest BCUT2D eigenvalue weighted by molar-refractivity contribution is 7.89. The Bertz CT molecular complexity index is 1180. The van der Waals surface area contributed by atoms with Gasteiger partial charge in [-0.3, -0.25) is 4.79 Å². The van der Waals surface area contributed by atoms with Gasteiger partial charge in [-0.25, -0.2) is 13.2 Å². The highest BCUT2D eigenvalue weighted by Gasteiger charge is 2.32. The van der Waals surface area contributed by atoms with Gasteiger partial charge in [-0.2, -0.15) is 4.31 Å². The first-order valence-corrected chi connectivity index (χ1v) is 12.3. The zero-order valence-corrected chi connectivity index (χ0v) is 20.5. The van der Waals surface area contributed by atoms with E-state index >= 15 is 0 Å². The van der Waals surface area contributed by atoms with Crippen molar-refractivity contribution in [2.75, 3.05) is 42.5 Å². The Hall–Kier alpha value is -2.37. The number of aliphatic hydroxyl groups is 1. The van der Waals surface area contributed by atoms with Crippen LogP contribution in [0.4, 0.5) is 11.4 Å². The molecule has 2 aliphatic heterocycles. The second-order valence-corrected chi connectivity index (χ2v) is 10.4. The summed E-state index contributed by atoms with van der Waals surface area (Å²) < 4.78 is 27.9. The van der Waals surface area contributed by atoms with Crippen molar-refractivity contribution in [3.8, 4) is 0 Å². The molecule has 9 nitrogen and oxygen atoms in total. The van der Waals surface area contributed by atoms with Crippen molar-refractivity contribution in [3.63, 3.8) is 0 Å². The van der Waals surface area contributed by atoms with Crippen LogP contribution < -0.4 is 9.80 Å². The van der Waals surface area contributed by atoms with E-state index in [-0.39, 0.29) is 17.3 Å². The molecule has 0 saturated carbocycles. The van der Waals surface area contributed by atoms with Crippen LogP contribution >= 0.6 is 24.0 Å². The lowest BCUT2D eigenvalue weighted by molar-refractivity contribution is -0.148. The molecule has 1 unspecified atom stereocenters. The lowest BCUT2D eigenvalue weighted by Crippen LogP contribution is -2.48. The standard InChI is InChI=1S/C22H24ClN3O6S.ClH/c23-16-2-1-3-17(13-16)24-8-10-25(11-9-24)33(31,32)18-4-5-19-15(12-18)6-7-26(19)21(28)14-20(27)22(29)30;/h1-5,12-13,20,27H,6-11,14H2,(H,29,30);1H. The molecular weight excluding hydrogens is 505 g/mol. The second-order valence-electron chi connectivity index (χ2n) is 8.02. The molecule has 0 radical (unpaired) electrons. The second kappa shape index (κ2) is 10.5. The minimum atomic E-state index is -3.71. The smallest absolute Gasteiger partial charge is 0.333 e. The largest absolute Gasteiger partial charge is 0.479 e. The molecule has 1 saturated heterocycles. The third-order valence-electron chi connectivity index (χ3n) is 5.95. The molecule has 2 aromatic carbocycles. The first-order chi connectivity index (χ1) is 15.7. The summed E-state index contributed by atoms with van der Waals surface area (Å²) in [6, 6.07) is 12.1. The summed E-state index contributed by atoms with van der Waals surface area (Å²) in [6.45, 7) is 2.06. The van der Waals surface area contributed by atoms with Gasteiger partial charge in [0.1, 0.15) is 0 Å². The van der Waals surface area contributed by atoms with Gasteiger partial charge in [0.05, 0.1) is 11.3 Å². The Morgan fingerprint density at radius 2 is 1.74 bits per heavy atom. The summed E-state index contributed by atoms with van der Waals surface area (Å²) >= 11 is 6.06. The number of fused-ring (bicyclic) bond motifs is 1. The lowest BCUT2D eigenvalue weighted by Gasteiger charge is -2.35. The van der Waals surface area contributed by atoms with Crippen molar-refractivity contribution >= 4 is 57.3 Å². The number of hydrogen-bond donors (Lipinski definition) is 2. The Kier molecular flexibility index (Phi) is 8.10. The van der Waals surface area contributed by atoms with Crippen LogP contribution in [0.2, 0.25) is 5.02 Å². The summed E-state index contributed by atoms with van der Waals surface area (Å²) in [5.41, 5.74) is 2.20. The quantitative estimate of drug-likeness (QED) is 0.587. The third kappa shape index (κ3) is 5.31. The predicted molar refractivity (Wildman–Crippen MR) is 130 cm³/mol. The van der Waals surface area contributed by atoms with Crippen LogP contribution in [-0.2, 0) is 26.0 Å². The van der Waals surface area contributed by atoms with E-state index in [9.17, 15) is 23.1 Å². The zero-order chi connectivity index (χ0) is 23.8. The van der Waals surface area contributed by atoms with Crippen LogP contribution in [-0.4, -0.2) is 73.6 Å². The van der Waals surface area contributed by atoms with Crippen molar-refractivity contribution in [3.05, 3.63) is 53.1 Å². The number of carbonyl (C=O) groups excluding carboxylic acids is 1. The minimum absolute atomic E-state index is 0. The van der Waals surface area contributed by atoms with Gasteiger partial charge < -0.3 is 20.0 Å². The van der Waals surface area contributed by atoms with E-state index in [1.807, 2.05) is 18.2 Å². The molecule has 1 amide bonds. The average Bonchev–Trinajstić information content (AvgIpc) is 3.22. The maximum Gasteiger partial charge on any atom is 0.333 e. The van der Waals surface area contributed by atoms with Crippen molar-refractivity contribution in [1.82, 2.24) is 4.31 Å². The number of carbonyl (C=O) groups is 2. The number of benzene rings is 2. The van der Waals surface area contributed by atoms with Gasteiger partial charge >= 0.3 is 5.97 Å². The Morgan fingerprint density at radius 1 is 1.03 bits per heavy atom. The van der Waals surface area contributed by atoms with E-state index in [0.717, 1.165) is 5.69 Å². The number of amides is 1. The number of carboxylic acids is 1. The molecule has 1 atom stereocenters. The SMILES string of the molecule is Cl.O=C(O)C(O)CC(=O)N1CCc2cc(S(=O)(=O)N3CCN(c4cccc(Cl)c4)CC3)ccc21. The molecule has 2 aromatic rings. The molecule has 12 heteroatoms. The van der Waals surface area contributed by atoms with Gasteiger partial charge in [0.25, 0.3) is 0 Å². The van der Waals surface area contributed by atoms with E-state index in [1.165, 1.54) is 15.3 Å². The number of aliphatic hydroxyl groups excluding tert-OH is 1. The number of anilines is 2. The van der Waals surface area contributed by atoms with Crippen molar-refractivity contribution < 1.29 is 28.2 Å². The fraction of sp³-hybridized carbons (Fsp3) is 0.364. The van der Waals surface area contributed by atoms with Crippen LogP contribution in [0.25, 0.3) is 0 Å². The van der Waals surface area contributed by atoms with Crippen LogP contribution in [0, 0.1) is 0 Å². The minimum Gasteiger partial charge on any atom is -0.479 e. The number of aliphatic carboxylic acids is 1. The van der Waals surface area contributed by atoms with Gasteiger partial charge in [-0.15, -0.1) is 12.4 Å². The molecule has 4 rings (SSSR count). The van der Waals surface area contributed by atoms with E-state index in [2.05, 4.69) is 4.90 Å². The van der Waals surface area contributed by atoms with Gasteiger partial charge in [-0.1, -0.05) is 17.7 Å². The molecule has 0 aliphatic carbocycles. The van der Waals surface area contributed by atoms with Crippen LogP contribution in [0.5, 0.6) is 0 Å². The number of nitrogens with zero attached hydrogens (tertiary/aromatic N) is 3. The average molecular weight is 530 g/mol. The molecule has 0 aromatic heterocycles. The fourth-order valence-electron chi connectivity index (χ4n) is 4.17.